The van der Waals surface area contributed by atoms with Crippen molar-refractivity contribution in [2.75, 3.05) is 13.2 Å². The maximum absolute atomic E-state index is 14.0. The van der Waals surface area contributed by atoms with Crippen LogP contribution in [0.1, 0.15) is 47.7 Å². The van der Waals surface area contributed by atoms with Gasteiger partial charge < -0.3 is 4.74 Å². The standard InChI is InChI=1S/C29H36BN3O4S/c1-5-37-28(34)22-13-11-21(12-14-22)27-24-7-6-8-26(24)33(38(35,36)23-15-9-20(2)10-16-23)19-25(27)30-29-31(3)17-18-32(29)4/h9-18,24,26H,5-8,19,30H2,1-4H3. The minimum Gasteiger partial charge on any atom is -0.462 e. The number of imidazole rings is 1. The number of fused-ring (bicyclic) bond motifs is 1. The largest absolute Gasteiger partial charge is 0.462 e. The number of aromatic nitrogens is 2. The van der Waals surface area contributed by atoms with Crippen LogP contribution < -0.4 is 10.3 Å². The van der Waals surface area contributed by atoms with E-state index in [4.69, 9.17) is 4.74 Å². The summed E-state index contributed by atoms with van der Waals surface area (Å²) >= 11 is 0. The lowest BCUT2D eigenvalue weighted by Crippen LogP contribution is -2.54. The van der Waals surface area contributed by atoms with Gasteiger partial charge in [0.25, 0.3) is 0 Å². The van der Waals surface area contributed by atoms with E-state index in [0.717, 1.165) is 30.4 Å². The number of carbonyl (C=O) groups is 1. The van der Waals surface area contributed by atoms with Gasteiger partial charge in [0.2, 0.25) is 10.0 Å². The van der Waals surface area contributed by atoms with E-state index in [0.29, 0.717) is 23.6 Å². The summed E-state index contributed by atoms with van der Waals surface area (Å²) in [6.45, 7) is 4.51. The zero-order chi connectivity index (χ0) is 27.0. The van der Waals surface area contributed by atoms with Gasteiger partial charge >= 0.3 is 5.97 Å². The second-order valence-corrected chi connectivity index (χ2v) is 12.7. The second kappa shape index (κ2) is 10.5. The molecule has 0 N–H and O–H groups in total. The van der Waals surface area contributed by atoms with Gasteiger partial charge in [-0.05, 0) is 62.4 Å². The van der Waals surface area contributed by atoms with Gasteiger partial charge in [-0.25, -0.2) is 18.7 Å². The Bertz CT molecular complexity index is 1460. The fourth-order valence-corrected chi connectivity index (χ4v) is 8.17. The highest BCUT2D eigenvalue weighted by atomic mass is 32.2. The van der Waals surface area contributed by atoms with Gasteiger partial charge in [-0.2, -0.15) is 4.31 Å². The molecule has 1 aromatic heterocycles. The van der Waals surface area contributed by atoms with Crippen molar-refractivity contribution in [3.8, 4) is 0 Å². The number of nitrogens with zero attached hydrogens (tertiary/aromatic N) is 3. The van der Waals surface area contributed by atoms with E-state index in [1.165, 1.54) is 16.8 Å². The van der Waals surface area contributed by atoms with Gasteiger partial charge in [-0.3, -0.25) is 9.13 Å². The molecule has 38 heavy (non-hydrogen) atoms. The molecule has 1 aliphatic heterocycles. The zero-order valence-corrected chi connectivity index (χ0v) is 23.7. The maximum Gasteiger partial charge on any atom is 0.338 e. The van der Waals surface area contributed by atoms with Crippen LogP contribution in [-0.2, 0) is 28.9 Å². The minimum atomic E-state index is -3.65. The molecular formula is C29H36BN3O4S. The lowest BCUT2D eigenvalue weighted by molar-refractivity contribution is -0.652. The molecule has 2 aromatic carbocycles. The predicted octanol–water partition coefficient (Wildman–Crippen LogP) is 2.41. The first-order valence-electron chi connectivity index (χ1n) is 13.6. The lowest BCUT2D eigenvalue weighted by Gasteiger charge is -2.42. The summed E-state index contributed by atoms with van der Waals surface area (Å²) in [6.07, 6.45) is 6.90. The Morgan fingerprint density at radius 3 is 2.45 bits per heavy atom. The van der Waals surface area contributed by atoms with Crippen LogP contribution in [0, 0.1) is 12.8 Å². The highest BCUT2D eigenvalue weighted by Gasteiger charge is 2.44. The van der Waals surface area contributed by atoms with Crippen LogP contribution in [-0.4, -0.2) is 49.7 Å². The summed E-state index contributed by atoms with van der Waals surface area (Å²) in [5, 5.41) is 0. The third-order valence-electron chi connectivity index (χ3n) is 8.47. The van der Waals surface area contributed by atoms with Crippen molar-refractivity contribution in [1.29, 1.82) is 0 Å². The van der Waals surface area contributed by atoms with Gasteiger partial charge in [0, 0.05) is 12.6 Å². The number of carbonyl (C=O) groups excluding carboxylic acids is 1. The molecule has 0 radical (unpaired) electrons. The summed E-state index contributed by atoms with van der Waals surface area (Å²) in [4.78, 5) is 12.6. The second-order valence-electron chi connectivity index (χ2n) is 10.8. The number of sulfonamides is 1. The fourth-order valence-electron chi connectivity index (χ4n) is 6.45. The molecule has 0 spiro atoms. The number of hydrogen-bond donors (Lipinski definition) is 0. The molecule has 3 aromatic rings. The molecular weight excluding hydrogens is 497 g/mol. The molecule has 1 fully saturated rings. The molecule has 7 nitrogen and oxygen atoms in total. The van der Waals surface area contributed by atoms with Crippen LogP contribution in [0.4, 0.5) is 0 Å². The summed E-state index contributed by atoms with van der Waals surface area (Å²) in [5.41, 5.74) is 6.38. The van der Waals surface area contributed by atoms with Gasteiger partial charge in [0.15, 0.2) is 0 Å². The third kappa shape index (κ3) is 4.85. The van der Waals surface area contributed by atoms with E-state index < -0.39 is 17.3 Å². The third-order valence-corrected chi connectivity index (χ3v) is 10.4. The highest BCUT2D eigenvalue weighted by molar-refractivity contribution is 7.89. The molecule has 2 atom stereocenters. The molecule has 200 valence electrons. The van der Waals surface area contributed by atoms with Crippen molar-refractivity contribution in [3.63, 3.8) is 0 Å². The molecule has 0 saturated heterocycles. The average molecular weight is 534 g/mol. The smallest absolute Gasteiger partial charge is 0.338 e. The van der Waals surface area contributed by atoms with Crippen LogP contribution in [0.15, 0.2) is 71.3 Å². The number of hydrogen-bond acceptors (Lipinski definition) is 4. The Kier molecular flexibility index (Phi) is 7.33. The molecule has 2 heterocycles. The van der Waals surface area contributed by atoms with Gasteiger partial charge in [-0.1, -0.05) is 41.8 Å². The van der Waals surface area contributed by atoms with Crippen LogP contribution in [0.25, 0.3) is 5.57 Å². The Morgan fingerprint density at radius 2 is 1.82 bits per heavy atom. The molecule has 1 aliphatic carbocycles. The number of aryl methyl sites for hydroxylation is 3. The summed E-state index contributed by atoms with van der Waals surface area (Å²) in [7, 11) is -0.387. The SMILES string of the molecule is CCOC(=O)c1ccc(C2=C([BH2-]c3n(C)cc[n+]3C)CN(S(=O)(=O)c3ccc(C)cc3)C3CCCC23)cc1. The van der Waals surface area contributed by atoms with Crippen LogP contribution in [0.2, 0.25) is 0 Å². The van der Waals surface area contributed by atoms with E-state index in [1.807, 2.05) is 43.3 Å². The van der Waals surface area contributed by atoms with Gasteiger partial charge in [0.1, 0.15) is 19.7 Å². The van der Waals surface area contributed by atoms with E-state index in [1.54, 1.807) is 23.4 Å². The number of rotatable bonds is 7. The summed E-state index contributed by atoms with van der Waals surface area (Å²) in [5.74, 6) is -0.197. The minimum absolute atomic E-state index is 0.0708. The van der Waals surface area contributed by atoms with E-state index in [-0.39, 0.29) is 17.9 Å². The lowest BCUT2D eigenvalue weighted by atomic mass is 9.62. The Hall–Kier alpha value is -3.17. The molecule has 2 unspecified atom stereocenters. The first kappa shape index (κ1) is 26.4. The molecule has 0 bridgehead atoms. The van der Waals surface area contributed by atoms with Crippen molar-refractivity contribution in [2.45, 2.75) is 44.0 Å². The number of esters is 1. The molecule has 5 rings (SSSR count). The van der Waals surface area contributed by atoms with E-state index in [2.05, 4.69) is 35.6 Å². The monoisotopic (exact) mass is 533 g/mol. The molecule has 0 amide bonds. The molecule has 9 heteroatoms. The van der Waals surface area contributed by atoms with Crippen LogP contribution in [0.5, 0.6) is 0 Å². The van der Waals surface area contributed by atoms with Crippen molar-refractivity contribution in [2.24, 2.45) is 20.0 Å². The first-order chi connectivity index (χ1) is 18.2. The maximum atomic E-state index is 14.0. The summed E-state index contributed by atoms with van der Waals surface area (Å²) < 4.78 is 39.3. The first-order valence-corrected chi connectivity index (χ1v) is 15.0. The average Bonchev–Trinajstić information content (AvgIpc) is 3.51. The van der Waals surface area contributed by atoms with Crippen LogP contribution >= 0.6 is 0 Å². The number of ether oxygens (including phenoxy) is 1. The van der Waals surface area contributed by atoms with Crippen molar-refractivity contribution >= 4 is 34.6 Å². The zero-order valence-electron chi connectivity index (χ0n) is 22.8. The highest BCUT2D eigenvalue weighted by Crippen LogP contribution is 2.46. The normalized spacial score (nSPS) is 20.0. The number of benzene rings is 2. The van der Waals surface area contributed by atoms with Gasteiger partial charge in [-0.15, -0.1) is 0 Å². The Labute approximate surface area is 226 Å². The fraction of sp³-hybridized carbons (Fsp3) is 0.379. The molecule has 2 aliphatic rings. The summed E-state index contributed by atoms with van der Waals surface area (Å²) in [6, 6.07) is 14.8. The topological polar surface area (TPSA) is 72.5 Å². The van der Waals surface area contributed by atoms with Crippen molar-refractivity contribution in [1.82, 2.24) is 8.87 Å². The molecule has 1 saturated carbocycles. The quantitative estimate of drug-likeness (QED) is 0.266. The van der Waals surface area contributed by atoms with E-state index >= 15 is 0 Å². The Morgan fingerprint density at radius 1 is 1.11 bits per heavy atom. The van der Waals surface area contributed by atoms with E-state index in [9.17, 15) is 13.2 Å². The van der Waals surface area contributed by atoms with Crippen LogP contribution in [0.3, 0.4) is 0 Å². The van der Waals surface area contributed by atoms with Gasteiger partial charge in [0.05, 0.1) is 36.9 Å². The predicted molar refractivity (Wildman–Crippen MR) is 150 cm³/mol. The van der Waals surface area contributed by atoms with Crippen molar-refractivity contribution < 1.29 is 22.5 Å². The Balaban J connectivity index is 1.61. The van der Waals surface area contributed by atoms with Crippen molar-refractivity contribution in [3.05, 3.63) is 83.1 Å².